The summed E-state index contributed by atoms with van der Waals surface area (Å²) in [6.45, 7) is 4.69. The number of hydrogen-bond donors (Lipinski definition) is 2. The fraction of sp³-hybridized carbons (Fsp3) is 0.556. The maximum absolute atomic E-state index is 9.10. The van der Waals surface area contributed by atoms with Crippen molar-refractivity contribution >= 4 is 23.5 Å². The summed E-state index contributed by atoms with van der Waals surface area (Å²) in [6, 6.07) is 7.59. The Balaban J connectivity index is 0.000000450. The zero-order valence-electron chi connectivity index (χ0n) is 14.3. The largest absolute Gasteiger partial charge is 0.494 e. The third-order valence-electron chi connectivity index (χ3n) is 3.83. The Hall–Kier alpha value is -1.79. The number of rotatable bonds is 7. The smallest absolute Gasteiger partial charge is 0.414 e. The first-order valence-corrected chi connectivity index (χ1v) is 8.94. The normalized spacial score (nSPS) is 14.3. The highest BCUT2D eigenvalue weighted by molar-refractivity contribution is 6.30. The standard InChI is InChI=1S/C16H24ClNO.C2H2O4/c17-15-7-9-16(10-8-15)19-14-6-2-5-13-18-11-3-1-4-12-18;3-1(4)2(5)6/h7-10H,1-6,11-14H2;(H,3,4)(H,5,6). The maximum Gasteiger partial charge on any atom is 0.414 e. The highest BCUT2D eigenvalue weighted by Crippen LogP contribution is 2.16. The summed E-state index contributed by atoms with van der Waals surface area (Å²) in [5, 5.41) is 15.5. The molecule has 1 fully saturated rings. The second-order valence-corrected chi connectivity index (χ2v) is 6.31. The topological polar surface area (TPSA) is 87.1 Å². The second kappa shape index (κ2) is 12.6. The molecule has 1 saturated heterocycles. The van der Waals surface area contributed by atoms with E-state index >= 15 is 0 Å². The van der Waals surface area contributed by atoms with Crippen LogP contribution >= 0.6 is 11.6 Å². The molecule has 0 aliphatic carbocycles. The van der Waals surface area contributed by atoms with Gasteiger partial charge in [0.15, 0.2) is 0 Å². The lowest BCUT2D eigenvalue weighted by Gasteiger charge is -2.26. The monoisotopic (exact) mass is 371 g/mol. The van der Waals surface area contributed by atoms with E-state index in [1.807, 2.05) is 24.3 Å². The van der Waals surface area contributed by atoms with Crippen molar-refractivity contribution in [3.8, 4) is 5.75 Å². The lowest BCUT2D eigenvalue weighted by Crippen LogP contribution is -2.30. The van der Waals surface area contributed by atoms with E-state index < -0.39 is 11.9 Å². The Morgan fingerprint density at radius 3 is 2.12 bits per heavy atom. The van der Waals surface area contributed by atoms with Crippen LogP contribution in [0.1, 0.15) is 38.5 Å². The van der Waals surface area contributed by atoms with Gasteiger partial charge >= 0.3 is 11.9 Å². The molecule has 0 amide bonds. The Bertz CT molecular complexity index is 503. The van der Waals surface area contributed by atoms with E-state index in [4.69, 9.17) is 36.1 Å². The van der Waals surface area contributed by atoms with Gasteiger partial charge in [-0.2, -0.15) is 0 Å². The van der Waals surface area contributed by atoms with Crippen molar-refractivity contribution in [2.45, 2.75) is 38.5 Å². The van der Waals surface area contributed by atoms with Crippen LogP contribution in [-0.4, -0.2) is 53.3 Å². The first kappa shape index (κ1) is 21.3. The average Bonchev–Trinajstić information content (AvgIpc) is 2.61. The van der Waals surface area contributed by atoms with E-state index in [0.717, 1.165) is 23.8 Å². The number of carboxylic acid groups (broad SMARTS) is 2. The van der Waals surface area contributed by atoms with Crippen LogP contribution in [0.4, 0.5) is 0 Å². The molecule has 140 valence electrons. The van der Waals surface area contributed by atoms with E-state index in [1.54, 1.807) is 0 Å². The fourth-order valence-electron chi connectivity index (χ4n) is 2.52. The van der Waals surface area contributed by atoms with Crippen LogP contribution in [0, 0.1) is 0 Å². The third kappa shape index (κ3) is 10.6. The minimum atomic E-state index is -1.82. The number of halogens is 1. The maximum atomic E-state index is 9.10. The molecule has 1 aromatic carbocycles. The Morgan fingerprint density at radius 2 is 1.56 bits per heavy atom. The van der Waals surface area contributed by atoms with Crippen molar-refractivity contribution in [2.75, 3.05) is 26.2 Å². The molecule has 1 aliphatic heterocycles. The molecule has 0 radical (unpaired) electrons. The number of nitrogens with zero attached hydrogens (tertiary/aromatic N) is 1. The third-order valence-corrected chi connectivity index (χ3v) is 4.08. The average molecular weight is 372 g/mol. The summed E-state index contributed by atoms with van der Waals surface area (Å²) in [5.41, 5.74) is 0. The minimum absolute atomic E-state index is 0.758. The van der Waals surface area contributed by atoms with E-state index in [2.05, 4.69) is 4.90 Å². The Kier molecular flexibility index (Phi) is 10.7. The van der Waals surface area contributed by atoms with Crippen molar-refractivity contribution in [2.24, 2.45) is 0 Å². The summed E-state index contributed by atoms with van der Waals surface area (Å²) in [6.07, 6.45) is 7.88. The lowest BCUT2D eigenvalue weighted by atomic mass is 10.1. The van der Waals surface area contributed by atoms with E-state index in [-0.39, 0.29) is 0 Å². The van der Waals surface area contributed by atoms with Gasteiger partial charge in [0, 0.05) is 5.02 Å². The molecule has 1 aromatic rings. The van der Waals surface area contributed by atoms with Gasteiger partial charge in [0.05, 0.1) is 6.61 Å². The minimum Gasteiger partial charge on any atom is -0.494 e. The molecule has 6 nitrogen and oxygen atoms in total. The molecule has 1 aliphatic rings. The highest BCUT2D eigenvalue weighted by Gasteiger charge is 2.08. The molecule has 7 heteroatoms. The summed E-state index contributed by atoms with van der Waals surface area (Å²) in [5.74, 6) is -2.73. The van der Waals surface area contributed by atoms with Gasteiger partial charge in [0.2, 0.25) is 0 Å². The van der Waals surface area contributed by atoms with Crippen LogP contribution in [0.5, 0.6) is 5.75 Å². The van der Waals surface area contributed by atoms with Crippen LogP contribution < -0.4 is 4.74 Å². The van der Waals surface area contributed by atoms with Crippen molar-refractivity contribution in [3.63, 3.8) is 0 Å². The number of piperidine rings is 1. The Morgan fingerprint density at radius 1 is 0.960 bits per heavy atom. The second-order valence-electron chi connectivity index (χ2n) is 5.88. The van der Waals surface area contributed by atoms with Gasteiger partial charge in [-0.05, 0) is 76.0 Å². The number of ether oxygens (including phenoxy) is 1. The summed E-state index contributed by atoms with van der Waals surface area (Å²) < 4.78 is 5.68. The molecule has 0 aromatic heterocycles. The molecule has 25 heavy (non-hydrogen) atoms. The quantitative estimate of drug-likeness (QED) is 0.563. The fourth-order valence-corrected chi connectivity index (χ4v) is 2.64. The van der Waals surface area contributed by atoms with Gasteiger partial charge < -0.3 is 19.8 Å². The number of likely N-dealkylation sites (tertiary alicyclic amines) is 1. The lowest BCUT2D eigenvalue weighted by molar-refractivity contribution is -0.159. The van der Waals surface area contributed by atoms with Crippen molar-refractivity contribution in [3.05, 3.63) is 29.3 Å². The molecule has 0 saturated carbocycles. The van der Waals surface area contributed by atoms with Gasteiger partial charge in [0.1, 0.15) is 5.75 Å². The summed E-state index contributed by atoms with van der Waals surface area (Å²) >= 11 is 5.83. The molecule has 2 N–H and O–H groups in total. The predicted octanol–water partition coefficient (Wildman–Crippen LogP) is 3.53. The molecule has 0 bridgehead atoms. The van der Waals surface area contributed by atoms with Crippen molar-refractivity contribution in [1.29, 1.82) is 0 Å². The van der Waals surface area contributed by atoms with Crippen molar-refractivity contribution in [1.82, 2.24) is 4.90 Å². The van der Waals surface area contributed by atoms with Gasteiger partial charge in [-0.25, -0.2) is 9.59 Å². The van der Waals surface area contributed by atoms with E-state index in [9.17, 15) is 0 Å². The zero-order chi connectivity index (χ0) is 18.5. The highest BCUT2D eigenvalue weighted by atomic mass is 35.5. The molecule has 0 atom stereocenters. The van der Waals surface area contributed by atoms with Crippen LogP contribution in [0.25, 0.3) is 0 Å². The number of unbranched alkanes of at least 4 members (excludes halogenated alkanes) is 2. The van der Waals surface area contributed by atoms with E-state index in [1.165, 1.54) is 51.7 Å². The summed E-state index contributed by atoms with van der Waals surface area (Å²) in [7, 11) is 0. The number of benzene rings is 1. The van der Waals surface area contributed by atoms with Gasteiger partial charge in [-0.1, -0.05) is 18.0 Å². The van der Waals surface area contributed by atoms with Gasteiger partial charge in [-0.15, -0.1) is 0 Å². The number of carbonyl (C=O) groups is 2. The Labute approximate surface area is 153 Å². The molecular weight excluding hydrogens is 346 g/mol. The van der Waals surface area contributed by atoms with Gasteiger partial charge in [-0.3, -0.25) is 0 Å². The first-order valence-electron chi connectivity index (χ1n) is 8.56. The van der Waals surface area contributed by atoms with Crippen LogP contribution in [0.15, 0.2) is 24.3 Å². The zero-order valence-corrected chi connectivity index (χ0v) is 15.1. The number of carboxylic acids is 2. The molecule has 0 unspecified atom stereocenters. The molecular formula is C18H26ClNO5. The van der Waals surface area contributed by atoms with E-state index in [0.29, 0.717) is 0 Å². The number of aliphatic carboxylic acids is 2. The van der Waals surface area contributed by atoms with Crippen LogP contribution in [-0.2, 0) is 9.59 Å². The number of hydrogen-bond acceptors (Lipinski definition) is 4. The van der Waals surface area contributed by atoms with Crippen molar-refractivity contribution < 1.29 is 24.5 Å². The molecule has 2 rings (SSSR count). The predicted molar refractivity (Wildman–Crippen MR) is 96.4 cm³/mol. The SMILES string of the molecule is Clc1ccc(OCCCCCN2CCCCC2)cc1.O=C(O)C(=O)O. The van der Waals surface area contributed by atoms with Gasteiger partial charge in [0.25, 0.3) is 0 Å². The molecule has 1 heterocycles. The van der Waals surface area contributed by atoms with Crippen LogP contribution in [0.3, 0.4) is 0 Å². The first-order chi connectivity index (χ1) is 12.0. The summed E-state index contributed by atoms with van der Waals surface area (Å²) in [4.78, 5) is 20.8. The van der Waals surface area contributed by atoms with Crippen LogP contribution in [0.2, 0.25) is 5.02 Å². The molecule has 0 spiro atoms.